The summed E-state index contributed by atoms with van der Waals surface area (Å²) in [6, 6.07) is 4.25. The Labute approximate surface area is 153 Å². The second kappa shape index (κ2) is 11.0. The van der Waals surface area contributed by atoms with E-state index in [9.17, 15) is 0 Å². The summed E-state index contributed by atoms with van der Waals surface area (Å²) >= 11 is 0. The minimum absolute atomic E-state index is 0.685. The van der Waals surface area contributed by atoms with Crippen LogP contribution in [0.2, 0.25) is 0 Å². The Kier molecular flexibility index (Phi) is 8.56. The minimum atomic E-state index is 0.685. The monoisotopic (exact) mass is 345 g/mol. The molecule has 5 heteroatoms. The van der Waals surface area contributed by atoms with Gasteiger partial charge in [0.05, 0.1) is 6.54 Å². The van der Waals surface area contributed by atoms with E-state index in [4.69, 9.17) is 4.99 Å². The van der Waals surface area contributed by atoms with Crippen LogP contribution in [0.15, 0.2) is 23.3 Å². The summed E-state index contributed by atoms with van der Waals surface area (Å²) in [5, 5.41) is 6.78. The summed E-state index contributed by atoms with van der Waals surface area (Å²) < 4.78 is 0. The summed E-state index contributed by atoms with van der Waals surface area (Å²) in [4.78, 5) is 11.6. The van der Waals surface area contributed by atoms with E-state index >= 15 is 0 Å². The van der Waals surface area contributed by atoms with Gasteiger partial charge in [0.1, 0.15) is 5.82 Å². The SMILES string of the molecule is CCNC(=NCc1ccnc(N2CCCC2)c1)NCCCCC(C)C. The number of aliphatic imine (C=N–C) groups is 1. The summed E-state index contributed by atoms with van der Waals surface area (Å²) in [6.07, 6.45) is 8.21. The third-order valence-electron chi connectivity index (χ3n) is 4.50. The van der Waals surface area contributed by atoms with Crippen LogP contribution >= 0.6 is 0 Å². The van der Waals surface area contributed by atoms with Crippen LogP contribution in [0.25, 0.3) is 0 Å². The number of hydrogen-bond donors (Lipinski definition) is 2. The summed E-state index contributed by atoms with van der Waals surface area (Å²) in [5.41, 5.74) is 1.22. The third-order valence-corrected chi connectivity index (χ3v) is 4.50. The molecule has 0 bridgehead atoms. The molecule has 2 N–H and O–H groups in total. The first-order valence-corrected chi connectivity index (χ1v) is 9.91. The van der Waals surface area contributed by atoms with E-state index in [1.54, 1.807) is 0 Å². The average molecular weight is 346 g/mol. The first-order valence-electron chi connectivity index (χ1n) is 9.91. The smallest absolute Gasteiger partial charge is 0.191 e. The molecule has 1 aliphatic heterocycles. The highest BCUT2D eigenvalue weighted by Gasteiger charge is 2.13. The Hall–Kier alpha value is -1.78. The van der Waals surface area contributed by atoms with Gasteiger partial charge < -0.3 is 15.5 Å². The van der Waals surface area contributed by atoms with Crippen molar-refractivity contribution in [2.45, 2.75) is 59.4 Å². The van der Waals surface area contributed by atoms with Crippen molar-refractivity contribution in [2.75, 3.05) is 31.1 Å². The quantitative estimate of drug-likeness (QED) is 0.408. The van der Waals surface area contributed by atoms with E-state index < -0.39 is 0 Å². The maximum absolute atomic E-state index is 4.73. The molecule has 25 heavy (non-hydrogen) atoms. The average Bonchev–Trinajstić information content (AvgIpc) is 3.14. The zero-order chi connectivity index (χ0) is 17.9. The molecule has 0 atom stereocenters. The number of hydrogen-bond acceptors (Lipinski definition) is 3. The van der Waals surface area contributed by atoms with Crippen molar-refractivity contribution in [2.24, 2.45) is 10.9 Å². The molecule has 0 spiro atoms. The third kappa shape index (κ3) is 7.32. The summed E-state index contributed by atoms with van der Waals surface area (Å²) in [5.74, 6) is 2.79. The maximum Gasteiger partial charge on any atom is 0.191 e. The number of nitrogens with one attached hydrogen (secondary N) is 2. The molecule has 0 unspecified atom stereocenters. The molecule has 1 aromatic heterocycles. The van der Waals surface area contributed by atoms with E-state index in [-0.39, 0.29) is 0 Å². The summed E-state index contributed by atoms with van der Waals surface area (Å²) in [6.45, 7) is 11.5. The predicted octanol–water partition coefficient (Wildman–Crippen LogP) is 3.56. The lowest BCUT2D eigenvalue weighted by atomic mass is 10.1. The lowest BCUT2D eigenvalue weighted by Crippen LogP contribution is -2.37. The molecule has 0 amide bonds. The normalized spacial score (nSPS) is 15.0. The zero-order valence-corrected chi connectivity index (χ0v) is 16.2. The van der Waals surface area contributed by atoms with E-state index in [0.29, 0.717) is 6.54 Å². The number of aromatic nitrogens is 1. The molecular weight excluding hydrogens is 310 g/mol. The van der Waals surface area contributed by atoms with Gasteiger partial charge in [0.15, 0.2) is 5.96 Å². The highest BCUT2D eigenvalue weighted by Crippen LogP contribution is 2.18. The fourth-order valence-electron chi connectivity index (χ4n) is 3.07. The highest BCUT2D eigenvalue weighted by molar-refractivity contribution is 5.79. The van der Waals surface area contributed by atoms with Gasteiger partial charge in [0, 0.05) is 32.4 Å². The number of unbranched alkanes of at least 4 members (excludes halogenated alkanes) is 1. The fraction of sp³-hybridized carbons (Fsp3) is 0.700. The van der Waals surface area contributed by atoms with Crippen molar-refractivity contribution in [1.82, 2.24) is 15.6 Å². The number of rotatable bonds is 9. The van der Waals surface area contributed by atoms with Crippen molar-refractivity contribution in [1.29, 1.82) is 0 Å². The molecule has 0 radical (unpaired) electrons. The van der Waals surface area contributed by atoms with Crippen molar-refractivity contribution in [3.8, 4) is 0 Å². The first kappa shape index (κ1) is 19.5. The van der Waals surface area contributed by atoms with Gasteiger partial charge in [0.25, 0.3) is 0 Å². The van der Waals surface area contributed by atoms with Gasteiger partial charge in [-0.15, -0.1) is 0 Å². The van der Waals surface area contributed by atoms with Gasteiger partial charge in [-0.1, -0.05) is 26.7 Å². The molecule has 0 aromatic carbocycles. The number of pyridine rings is 1. The van der Waals surface area contributed by atoms with Gasteiger partial charge in [0.2, 0.25) is 0 Å². The van der Waals surface area contributed by atoms with Crippen LogP contribution in [0.3, 0.4) is 0 Å². The van der Waals surface area contributed by atoms with Crippen LogP contribution in [0.1, 0.15) is 58.4 Å². The molecule has 0 saturated carbocycles. The lowest BCUT2D eigenvalue weighted by molar-refractivity contribution is 0.534. The first-order chi connectivity index (χ1) is 12.2. The van der Waals surface area contributed by atoms with E-state index in [2.05, 4.69) is 53.4 Å². The Bertz CT molecular complexity index is 521. The maximum atomic E-state index is 4.73. The molecule has 140 valence electrons. The molecular formula is C20H35N5. The molecule has 1 fully saturated rings. The molecule has 2 heterocycles. The largest absolute Gasteiger partial charge is 0.357 e. The summed E-state index contributed by atoms with van der Waals surface area (Å²) in [7, 11) is 0. The Morgan fingerprint density at radius 3 is 2.76 bits per heavy atom. The van der Waals surface area contributed by atoms with Crippen molar-refractivity contribution >= 4 is 11.8 Å². The molecule has 2 rings (SSSR count). The Morgan fingerprint density at radius 2 is 2.04 bits per heavy atom. The van der Waals surface area contributed by atoms with Gasteiger partial charge in [-0.3, -0.25) is 0 Å². The number of guanidine groups is 1. The van der Waals surface area contributed by atoms with Crippen LogP contribution in [0, 0.1) is 5.92 Å². The van der Waals surface area contributed by atoms with E-state index in [1.807, 2.05) is 6.20 Å². The van der Waals surface area contributed by atoms with Gasteiger partial charge in [-0.2, -0.15) is 0 Å². The predicted molar refractivity (Wildman–Crippen MR) is 107 cm³/mol. The Balaban J connectivity index is 1.84. The molecule has 1 aliphatic rings. The van der Waals surface area contributed by atoms with E-state index in [1.165, 1.54) is 37.7 Å². The lowest BCUT2D eigenvalue weighted by Gasteiger charge is -2.16. The molecule has 5 nitrogen and oxygen atoms in total. The van der Waals surface area contributed by atoms with Gasteiger partial charge in [-0.05, 0) is 49.8 Å². The second-order valence-corrected chi connectivity index (χ2v) is 7.23. The fourth-order valence-corrected chi connectivity index (χ4v) is 3.07. The zero-order valence-electron chi connectivity index (χ0n) is 16.2. The van der Waals surface area contributed by atoms with Crippen LogP contribution in [0.5, 0.6) is 0 Å². The van der Waals surface area contributed by atoms with Gasteiger partial charge >= 0.3 is 0 Å². The van der Waals surface area contributed by atoms with E-state index in [0.717, 1.165) is 43.9 Å². The molecule has 0 aliphatic carbocycles. The second-order valence-electron chi connectivity index (χ2n) is 7.23. The van der Waals surface area contributed by atoms with Crippen LogP contribution in [-0.2, 0) is 6.54 Å². The number of nitrogens with zero attached hydrogens (tertiary/aromatic N) is 3. The van der Waals surface area contributed by atoms with Crippen molar-refractivity contribution in [3.05, 3.63) is 23.9 Å². The molecule has 1 aromatic rings. The Morgan fingerprint density at radius 1 is 1.24 bits per heavy atom. The van der Waals surface area contributed by atoms with Crippen LogP contribution in [0.4, 0.5) is 5.82 Å². The minimum Gasteiger partial charge on any atom is -0.357 e. The standard InChI is InChI=1S/C20H35N5/c1-4-21-20(23-11-6-5-9-17(2)3)24-16-18-10-12-22-19(15-18)25-13-7-8-14-25/h10,12,15,17H,4-9,11,13-14,16H2,1-3H3,(H2,21,23,24). The number of anilines is 1. The van der Waals surface area contributed by atoms with Crippen molar-refractivity contribution < 1.29 is 0 Å². The van der Waals surface area contributed by atoms with Crippen molar-refractivity contribution in [3.63, 3.8) is 0 Å². The van der Waals surface area contributed by atoms with Gasteiger partial charge in [-0.25, -0.2) is 9.98 Å². The topological polar surface area (TPSA) is 52.6 Å². The van der Waals surface area contributed by atoms with Crippen LogP contribution < -0.4 is 15.5 Å². The van der Waals surface area contributed by atoms with Crippen LogP contribution in [-0.4, -0.2) is 37.1 Å². The highest BCUT2D eigenvalue weighted by atomic mass is 15.2. The molecule has 1 saturated heterocycles.